The van der Waals surface area contributed by atoms with Crippen molar-refractivity contribution in [2.24, 2.45) is 15.9 Å². The van der Waals surface area contributed by atoms with Crippen LogP contribution in [-0.2, 0) is 20.7 Å². The number of H-pyrrole nitrogens is 2. The summed E-state index contributed by atoms with van der Waals surface area (Å²) in [7, 11) is 0. The normalized spacial score (nSPS) is 25.5. The van der Waals surface area contributed by atoms with Crippen molar-refractivity contribution in [3.05, 3.63) is 73.2 Å². The van der Waals surface area contributed by atoms with Gasteiger partial charge in [-0.3, -0.25) is 19.6 Å². The zero-order valence-corrected chi connectivity index (χ0v) is 26.0. The first-order valence-electron chi connectivity index (χ1n) is 15.3. The third kappa shape index (κ3) is 4.65. The molecule has 1 saturated carbocycles. The molecule has 0 aromatic carbocycles. The average molecular weight is 597 g/mol. The van der Waals surface area contributed by atoms with Crippen LogP contribution in [0.5, 0.6) is 0 Å². The van der Waals surface area contributed by atoms with E-state index in [2.05, 4.69) is 49.5 Å². The van der Waals surface area contributed by atoms with Crippen molar-refractivity contribution in [1.82, 2.24) is 9.97 Å². The third-order valence-corrected chi connectivity index (χ3v) is 10.2. The number of aliphatic hydroxyl groups is 1. The molecule has 0 saturated heterocycles. The lowest BCUT2D eigenvalue weighted by Crippen LogP contribution is -2.25. The van der Waals surface area contributed by atoms with Gasteiger partial charge < -0.3 is 24.9 Å². The molecule has 4 N–H and O–H groups in total. The summed E-state index contributed by atoms with van der Waals surface area (Å²) in [4.78, 5) is 40.8. The van der Waals surface area contributed by atoms with Gasteiger partial charge in [0.15, 0.2) is 0 Å². The Morgan fingerprint density at radius 1 is 1.14 bits per heavy atom. The number of nitrogens with one attached hydrogen (secondary N) is 2. The minimum atomic E-state index is -0.966. The van der Waals surface area contributed by atoms with Gasteiger partial charge in [0.25, 0.3) is 6.47 Å². The van der Waals surface area contributed by atoms with Gasteiger partial charge in [-0.15, -0.1) is 0 Å². The first-order chi connectivity index (χ1) is 21.1. The van der Waals surface area contributed by atoms with Crippen molar-refractivity contribution in [3.8, 4) is 0 Å². The van der Waals surface area contributed by atoms with Crippen molar-refractivity contribution in [2.45, 2.75) is 84.4 Å². The lowest BCUT2D eigenvalue weighted by atomic mass is 9.84. The molecule has 5 atom stereocenters. The molecule has 0 radical (unpaired) electrons. The van der Waals surface area contributed by atoms with Gasteiger partial charge in [0.2, 0.25) is 0 Å². The van der Waals surface area contributed by atoms with Gasteiger partial charge >= 0.3 is 5.97 Å². The number of carboxylic acids is 1. The minimum absolute atomic E-state index is 0.117. The van der Waals surface area contributed by atoms with E-state index in [1.165, 1.54) is 11.1 Å². The van der Waals surface area contributed by atoms with Gasteiger partial charge in [0, 0.05) is 63.8 Å². The van der Waals surface area contributed by atoms with Gasteiger partial charge in [-0.25, -0.2) is 0 Å². The number of carboxylic acid groups (broad SMARTS) is 1. The van der Waals surface area contributed by atoms with Crippen molar-refractivity contribution in [3.63, 3.8) is 0 Å². The van der Waals surface area contributed by atoms with Crippen LogP contribution in [0.15, 0.2) is 38.9 Å². The Balaban J connectivity index is 1.65. The van der Waals surface area contributed by atoms with Crippen LogP contribution < -0.4 is 10.7 Å². The zero-order valence-electron chi connectivity index (χ0n) is 26.0. The second-order valence-corrected chi connectivity index (χ2v) is 12.3. The third-order valence-electron chi connectivity index (χ3n) is 10.2. The van der Waals surface area contributed by atoms with Crippen molar-refractivity contribution < 1.29 is 24.5 Å². The topological polar surface area (TPSA) is 140 Å². The molecular formula is C35H40N4O5. The SMILES string of the molecule is C=Cc1c(C)c2[nH]c1=CC1N=C(CC3=NC4C(=C3C)C(O)C(CC(=O)O)C4c3[nH]c(c(C)c3CCOC=O)C=2)C(CC)=C1C. The molecule has 1 aliphatic carbocycles. The molecule has 5 heterocycles. The van der Waals surface area contributed by atoms with Crippen LogP contribution in [0.3, 0.4) is 0 Å². The number of hydrogen-bond acceptors (Lipinski definition) is 6. The van der Waals surface area contributed by atoms with E-state index >= 15 is 0 Å². The molecule has 9 heteroatoms. The molecule has 0 spiro atoms. The van der Waals surface area contributed by atoms with Gasteiger partial charge in [-0.2, -0.15) is 0 Å². The number of aromatic amines is 2. The van der Waals surface area contributed by atoms with Crippen molar-refractivity contribution >= 4 is 42.1 Å². The standard InChI is InChI=1S/C35H40N4O5/c1-7-20-16(3)24-12-26-18(5)22(9-10-44-15-40)33(38-26)32-23(11-30(41)42)35(43)31-19(6)27(39-34(31)32)14-29-21(8-2)17(4)25(37-29)13-28(20)36-24/h7,12-13,15,23,25,32,34-36,38,43H,1,8-11,14H2,2-6H3,(H,41,42). The number of aliphatic imine (C=N–C) groups is 2. The van der Waals surface area contributed by atoms with Gasteiger partial charge in [0.05, 0.1) is 31.2 Å². The lowest BCUT2D eigenvalue weighted by Gasteiger charge is -2.23. The second-order valence-electron chi connectivity index (χ2n) is 12.3. The predicted molar refractivity (Wildman–Crippen MR) is 171 cm³/mol. The molecule has 0 amide bonds. The van der Waals surface area contributed by atoms with E-state index in [0.717, 1.165) is 73.3 Å². The monoisotopic (exact) mass is 596 g/mol. The molecule has 6 rings (SSSR count). The quantitative estimate of drug-likeness (QED) is 0.273. The van der Waals surface area contributed by atoms with E-state index in [-0.39, 0.29) is 19.1 Å². The van der Waals surface area contributed by atoms with Crippen LogP contribution in [0.1, 0.15) is 79.6 Å². The molecular weight excluding hydrogens is 556 g/mol. The smallest absolute Gasteiger partial charge is 0.303 e. The van der Waals surface area contributed by atoms with Crippen LogP contribution in [0.2, 0.25) is 0 Å². The summed E-state index contributed by atoms with van der Waals surface area (Å²) in [6.45, 7) is 15.1. The maximum Gasteiger partial charge on any atom is 0.303 e. The van der Waals surface area contributed by atoms with Crippen molar-refractivity contribution in [2.75, 3.05) is 6.61 Å². The lowest BCUT2D eigenvalue weighted by molar-refractivity contribution is -0.139. The summed E-state index contributed by atoms with van der Waals surface area (Å²) in [5.41, 5.74) is 11.8. The Labute approximate surface area is 256 Å². The summed E-state index contributed by atoms with van der Waals surface area (Å²) in [6.07, 6.45) is 6.81. The Morgan fingerprint density at radius 2 is 1.91 bits per heavy atom. The molecule has 2 aromatic rings. The van der Waals surface area contributed by atoms with Crippen LogP contribution in [0.4, 0.5) is 0 Å². The van der Waals surface area contributed by atoms with Gasteiger partial charge in [-0.05, 0) is 85.3 Å². The highest BCUT2D eigenvalue weighted by molar-refractivity contribution is 6.20. The molecule has 230 valence electrons. The molecule has 8 bridgehead atoms. The van der Waals surface area contributed by atoms with Crippen LogP contribution in [-0.4, -0.2) is 68.8 Å². The fourth-order valence-electron chi connectivity index (χ4n) is 7.88. The fraction of sp³-hybridized carbons (Fsp3) is 0.429. The summed E-state index contributed by atoms with van der Waals surface area (Å²) >= 11 is 0. The molecule has 4 aliphatic rings. The van der Waals surface area contributed by atoms with Crippen LogP contribution in [0, 0.1) is 19.8 Å². The van der Waals surface area contributed by atoms with E-state index < -0.39 is 30.0 Å². The second kappa shape index (κ2) is 11.4. The Kier molecular flexibility index (Phi) is 7.70. The van der Waals surface area contributed by atoms with Crippen molar-refractivity contribution in [1.29, 1.82) is 0 Å². The van der Waals surface area contributed by atoms with E-state index in [0.29, 0.717) is 19.3 Å². The summed E-state index contributed by atoms with van der Waals surface area (Å²) in [5, 5.41) is 23.5. The molecule has 5 unspecified atom stereocenters. The van der Waals surface area contributed by atoms with E-state index in [1.54, 1.807) is 0 Å². The van der Waals surface area contributed by atoms with E-state index in [9.17, 15) is 19.8 Å². The number of ether oxygens (including phenoxy) is 1. The maximum atomic E-state index is 12.1. The number of allylic oxidation sites excluding steroid dienone is 2. The number of aliphatic carboxylic acids is 1. The Bertz CT molecular complexity index is 1830. The average Bonchev–Trinajstić information content (AvgIpc) is 3.71. The maximum absolute atomic E-state index is 12.1. The highest BCUT2D eigenvalue weighted by Gasteiger charge is 2.52. The highest BCUT2D eigenvalue weighted by atomic mass is 16.5. The largest absolute Gasteiger partial charge is 0.481 e. The first-order valence-corrected chi connectivity index (χ1v) is 15.3. The van der Waals surface area contributed by atoms with Gasteiger partial charge in [0.1, 0.15) is 0 Å². The van der Waals surface area contributed by atoms with E-state index in [4.69, 9.17) is 14.7 Å². The summed E-state index contributed by atoms with van der Waals surface area (Å²) in [6, 6.07) is -0.520. The van der Waals surface area contributed by atoms with Crippen LogP contribution >= 0.6 is 0 Å². The minimum Gasteiger partial charge on any atom is -0.481 e. The number of carbonyl (C=O) groups is 2. The first kappa shape index (κ1) is 29.8. The fourth-order valence-corrected chi connectivity index (χ4v) is 7.88. The Morgan fingerprint density at radius 3 is 2.59 bits per heavy atom. The molecule has 3 aliphatic heterocycles. The highest BCUT2D eigenvalue weighted by Crippen LogP contribution is 2.51. The van der Waals surface area contributed by atoms with Gasteiger partial charge in [-0.1, -0.05) is 19.6 Å². The zero-order chi connectivity index (χ0) is 31.4. The summed E-state index contributed by atoms with van der Waals surface area (Å²) < 4.78 is 5.11. The number of nitrogens with zero attached hydrogens (tertiary/aromatic N) is 2. The molecule has 2 aromatic heterocycles. The molecule has 9 nitrogen and oxygen atoms in total. The molecule has 1 fully saturated rings. The summed E-state index contributed by atoms with van der Waals surface area (Å²) in [5.74, 6) is -1.94. The number of rotatable bonds is 8. The number of hydrogen-bond donors (Lipinski definition) is 4. The number of fused-ring (bicyclic) bond motifs is 6. The Hall–Kier alpha value is -4.24. The van der Waals surface area contributed by atoms with Crippen LogP contribution in [0.25, 0.3) is 18.2 Å². The van der Waals surface area contributed by atoms with E-state index in [1.807, 2.05) is 19.9 Å². The number of aromatic nitrogens is 2. The molecule has 44 heavy (non-hydrogen) atoms. The number of carbonyl (C=O) groups excluding carboxylic acids is 1. The number of aliphatic hydroxyl groups excluding tert-OH is 1. The predicted octanol–water partition coefficient (Wildman–Crippen LogP) is 3.57.